The van der Waals surface area contributed by atoms with Gasteiger partial charge in [0.25, 0.3) is 0 Å². The predicted molar refractivity (Wildman–Crippen MR) is 69.9 cm³/mol. The molecule has 2 aromatic rings. The molecule has 0 saturated carbocycles. The molecule has 1 heterocycles. The zero-order valence-corrected chi connectivity index (χ0v) is 10.2. The number of nitrogens with one attached hydrogen (secondary N) is 1. The third kappa shape index (κ3) is 3.28. The van der Waals surface area contributed by atoms with Crippen molar-refractivity contribution in [1.82, 2.24) is 9.97 Å². The Bertz CT molecular complexity index is 449. The Labute approximate surface area is 102 Å². The average Bonchev–Trinajstić information content (AvgIpc) is 2.38. The van der Waals surface area contributed by atoms with E-state index in [1.54, 1.807) is 12.5 Å². The molecule has 0 amide bonds. The van der Waals surface area contributed by atoms with Crippen molar-refractivity contribution in [3.05, 3.63) is 54.0 Å². The Morgan fingerprint density at radius 3 is 2.47 bits per heavy atom. The summed E-state index contributed by atoms with van der Waals surface area (Å²) in [4.78, 5) is 8.00. The Morgan fingerprint density at radius 2 is 1.88 bits per heavy atom. The van der Waals surface area contributed by atoms with E-state index in [0.29, 0.717) is 5.92 Å². The molecular weight excluding hydrogens is 210 g/mol. The van der Waals surface area contributed by atoms with Crippen LogP contribution in [0.5, 0.6) is 0 Å². The number of hydrogen-bond acceptors (Lipinski definition) is 3. The number of anilines is 1. The van der Waals surface area contributed by atoms with Crippen LogP contribution in [0.2, 0.25) is 0 Å². The van der Waals surface area contributed by atoms with Crippen molar-refractivity contribution in [2.24, 2.45) is 0 Å². The van der Waals surface area contributed by atoms with E-state index in [9.17, 15) is 0 Å². The van der Waals surface area contributed by atoms with Crippen LogP contribution in [0.4, 0.5) is 5.82 Å². The summed E-state index contributed by atoms with van der Waals surface area (Å²) in [5.41, 5.74) is 2.63. The number of aromatic nitrogens is 2. The summed E-state index contributed by atoms with van der Waals surface area (Å²) in [7, 11) is 0. The number of rotatable bonds is 4. The van der Waals surface area contributed by atoms with Gasteiger partial charge in [0.2, 0.25) is 0 Å². The van der Waals surface area contributed by atoms with E-state index < -0.39 is 0 Å². The fourth-order valence-corrected chi connectivity index (χ4v) is 1.61. The van der Waals surface area contributed by atoms with Crippen LogP contribution in [0.15, 0.2) is 42.9 Å². The van der Waals surface area contributed by atoms with E-state index in [0.717, 1.165) is 12.4 Å². The molecule has 0 aliphatic rings. The monoisotopic (exact) mass is 227 g/mol. The van der Waals surface area contributed by atoms with E-state index in [1.807, 2.05) is 6.07 Å². The maximum Gasteiger partial charge on any atom is 0.129 e. The molecule has 0 spiro atoms. The van der Waals surface area contributed by atoms with E-state index in [2.05, 4.69) is 53.4 Å². The lowest BCUT2D eigenvalue weighted by molar-refractivity contribution is 0.865. The van der Waals surface area contributed by atoms with Crippen molar-refractivity contribution in [3.63, 3.8) is 0 Å². The number of hydrogen-bond donors (Lipinski definition) is 1. The summed E-state index contributed by atoms with van der Waals surface area (Å²) in [5.74, 6) is 1.44. The van der Waals surface area contributed by atoms with Crippen LogP contribution in [0, 0.1) is 0 Å². The van der Waals surface area contributed by atoms with E-state index in [4.69, 9.17) is 0 Å². The van der Waals surface area contributed by atoms with Crippen LogP contribution in [0.1, 0.15) is 30.9 Å². The molecule has 2 rings (SSSR count). The first-order valence-corrected chi connectivity index (χ1v) is 5.84. The maximum absolute atomic E-state index is 4.12. The summed E-state index contributed by atoms with van der Waals surface area (Å²) in [6, 6.07) is 10.5. The molecule has 1 aromatic heterocycles. The van der Waals surface area contributed by atoms with Crippen LogP contribution < -0.4 is 5.32 Å². The van der Waals surface area contributed by atoms with Crippen molar-refractivity contribution >= 4 is 5.82 Å². The quantitative estimate of drug-likeness (QED) is 0.871. The molecule has 0 fully saturated rings. The van der Waals surface area contributed by atoms with Gasteiger partial charge in [-0.25, -0.2) is 9.97 Å². The van der Waals surface area contributed by atoms with Crippen molar-refractivity contribution in [3.8, 4) is 0 Å². The molecule has 0 aliphatic carbocycles. The van der Waals surface area contributed by atoms with Crippen LogP contribution in [-0.2, 0) is 6.54 Å². The first-order chi connectivity index (χ1) is 8.25. The normalized spacial score (nSPS) is 10.5. The van der Waals surface area contributed by atoms with Gasteiger partial charge < -0.3 is 5.32 Å². The van der Waals surface area contributed by atoms with E-state index >= 15 is 0 Å². The minimum absolute atomic E-state index is 0.582. The van der Waals surface area contributed by atoms with Crippen molar-refractivity contribution < 1.29 is 0 Å². The smallest absolute Gasteiger partial charge is 0.129 e. The standard InChI is InChI=1S/C14H17N3/c1-11(2)13-5-3-12(4-6-13)9-16-14-7-8-15-10-17-14/h3-8,10-11H,9H2,1-2H3,(H,15,16,17). The highest BCUT2D eigenvalue weighted by Crippen LogP contribution is 2.15. The van der Waals surface area contributed by atoms with Crippen LogP contribution in [-0.4, -0.2) is 9.97 Å². The summed E-state index contributed by atoms with van der Waals surface area (Å²) >= 11 is 0. The highest BCUT2D eigenvalue weighted by molar-refractivity contribution is 5.34. The molecule has 0 radical (unpaired) electrons. The van der Waals surface area contributed by atoms with Gasteiger partial charge in [-0.05, 0) is 23.1 Å². The summed E-state index contributed by atoms with van der Waals surface area (Å²) < 4.78 is 0. The summed E-state index contributed by atoms with van der Waals surface area (Å²) in [5, 5.41) is 3.26. The third-order valence-electron chi connectivity index (χ3n) is 2.70. The van der Waals surface area contributed by atoms with Gasteiger partial charge >= 0.3 is 0 Å². The third-order valence-corrected chi connectivity index (χ3v) is 2.70. The van der Waals surface area contributed by atoms with Crippen molar-refractivity contribution in [2.45, 2.75) is 26.3 Å². The Balaban J connectivity index is 1.96. The Morgan fingerprint density at radius 1 is 1.12 bits per heavy atom. The zero-order valence-electron chi connectivity index (χ0n) is 10.2. The Hall–Kier alpha value is -1.90. The molecule has 0 atom stereocenters. The van der Waals surface area contributed by atoms with Gasteiger partial charge in [0.15, 0.2) is 0 Å². The van der Waals surface area contributed by atoms with Gasteiger partial charge in [-0.3, -0.25) is 0 Å². The summed E-state index contributed by atoms with van der Waals surface area (Å²) in [6.07, 6.45) is 3.28. The molecule has 0 aliphatic heterocycles. The van der Waals surface area contributed by atoms with Gasteiger partial charge in [-0.15, -0.1) is 0 Å². The maximum atomic E-state index is 4.12. The SMILES string of the molecule is CC(C)c1ccc(CNc2ccncn2)cc1. The molecule has 3 heteroatoms. The molecule has 1 N–H and O–H groups in total. The molecule has 88 valence electrons. The van der Waals surface area contributed by atoms with Gasteiger partial charge in [-0.1, -0.05) is 38.1 Å². The van der Waals surface area contributed by atoms with Gasteiger partial charge in [-0.2, -0.15) is 0 Å². The van der Waals surface area contributed by atoms with Gasteiger partial charge in [0, 0.05) is 12.7 Å². The zero-order chi connectivity index (χ0) is 12.1. The molecule has 0 saturated heterocycles. The highest BCUT2D eigenvalue weighted by Gasteiger charge is 1.99. The predicted octanol–water partition coefficient (Wildman–Crippen LogP) is 3.21. The largest absolute Gasteiger partial charge is 0.366 e. The topological polar surface area (TPSA) is 37.8 Å². The minimum Gasteiger partial charge on any atom is -0.366 e. The lowest BCUT2D eigenvalue weighted by Crippen LogP contribution is -2.01. The number of benzene rings is 1. The first kappa shape index (κ1) is 11.6. The second-order valence-electron chi connectivity index (χ2n) is 4.34. The lowest BCUT2D eigenvalue weighted by Gasteiger charge is -2.08. The van der Waals surface area contributed by atoms with Crippen molar-refractivity contribution in [2.75, 3.05) is 5.32 Å². The van der Waals surface area contributed by atoms with Crippen LogP contribution >= 0.6 is 0 Å². The molecule has 0 bridgehead atoms. The van der Waals surface area contributed by atoms with Crippen molar-refractivity contribution in [1.29, 1.82) is 0 Å². The Kier molecular flexibility index (Phi) is 3.70. The molecule has 1 aromatic carbocycles. The molecule has 17 heavy (non-hydrogen) atoms. The molecular formula is C14H17N3. The minimum atomic E-state index is 0.582. The van der Waals surface area contributed by atoms with Gasteiger partial charge in [0.05, 0.1) is 0 Å². The lowest BCUT2D eigenvalue weighted by atomic mass is 10.0. The van der Waals surface area contributed by atoms with Crippen LogP contribution in [0.3, 0.4) is 0 Å². The second kappa shape index (κ2) is 5.43. The van der Waals surface area contributed by atoms with Gasteiger partial charge in [0.1, 0.15) is 12.1 Å². The summed E-state index contributed by atoms with van der Waals surface area (Å²) in [6.45, 7) is 5.19. The van der Waals surface area contributed by atoms with E-state index in [1.165, 1.54) is 11.1 Å². The number of nitrogens with zero attached hydrogens (tertiary/aromatic N) is 2. The first-order valence-electron chi connectivity index (χ1n) is 5.84. The van der Waals surface area contributed by atoms with E-state index in [-0.39, 0.29) is 0 Å². The molecule has 0 unspecified atom stereocenters. The fourth-order valence-electron chi connectivity index (χ4n) is 1.61. The van der Waals surface area contributed by atoms with Crippen LogP contribution in [0.25, 0.3) is 0 Å². The average molecular weight is 227 g/mol. The fraction of sp³-hybridized carbons (Fsp3) is 0.286. The molecule has 3 nitrogen and oxygen atoms in total. The highest BCUT2D eigenvalue weighted by atomic mass is 15.0. The second-order valence-corrected chi connectivity index (χ2v) is 4.34.